The molecule has 2 aromatic heterocycles. The number of carboxylic acids is 1. The monoisotopic (exact) mass is 393 g/mol. The van der Waals surface area contributed by atoms with Gasteiger partial charge in [-0.25, -0.2) is 13.9 Å². The van der Waals surface area contributed by atoms with Gasteiger partial charge in [0.2, 0.25) is 0 Å². The van der Waals surface area contributed by atoms with Gasteiger partial charge in [-0.2, -0.15) is 10.2 Å². The Hall–Kier alpha value is -3.40. The van der Waals surface area contributed by atoms with E-state index >= 15 is 0 Å². The number of aromatic nitrogens is 4. The number of anilines is 1. The number of nitrogens with zero attached hydrogens (tertiary/aromatic N) is 4. The first kappa shape index (κ1) is 18.4. The smallest absolute Gasteiger partial charge is 0.339 e. The molecule has 0 saturated carbocycles. The van der Waals surface area contributed by atoms with E-state index in [1.165, 1.54) is 47.1 Å². The minimum Gasteiger partial charge on any atom is -0.478 e. The fourth-order valence-corrected chi connectivity index (χ4v) is 2.45. The van der Waals surface area contributed by atoms with Gasteiger partial charge in [0.05, 0.1) is 23.1 Å². The Morgan fingerprint density at radius 2 is 2.15 bits per heavy atom. The maximum Gasteiger partial charge on any atom is 0.339 e. The molecule has 0 radical (unpaired) electrons. The Labute approximate surface area is 156 Å². The number of aryl methyl sites for hydroxylation is 1. The number of benzene rings is 1. The molecular formula is C16H13ClFN5O4. The number of ether oxygens (including phenoxy) is 1. The number of carbonyl (C=O) groups excluding carboxylic acids is 1. The third kappa shape index (κ3) is 4.23. The Balaban J connectivity index is 1.66. The van der Waals surface area contributed by atoms with Crippen molar-refractivity contribution in [2.45, 2.75) is 6.73 Å². The highest BCUT2D eigenvalue weighted by Crippen LogP contribution is 2.25. The molecule has 0 aliphatic carbocycles. The quantitative estimate of drug-likeness (QED) is 0.665. The van der Waals surface area contributed by atoms with Gasteiger partial charge >= 0.3 is 5.97 Å². The third-order valence-corrected chi connectivity index (χ3v) is 3.71. The number of aromatic carboxylic acids is 1. The van der Waals surface area contributed by atoms with Crippen LogP contribution in [0.4, 0.5) is 10.1 Å². The largest absolute Gasteiger partial charge is 0.478 e. The van der Waals surface area contributed by atoms with E-state index in [9.17, 15) is 14.0 Å². The molecule has 0 unspecified atom stereocenters. The van der Waals surface area contributed by atoms with Crippen LogP contribution in [0.25, 0.3) is 0 Å². The van der Waals surface area contributed by atoms with E-state index in [1.807, 2.05) is 0 Å². The van der Waals surface area contributed by atoms with E-state index in [1.54, 1.807) is 0 Å². The summed E-state index contributed by atoms with van der Waals surface area (Å²) >= 11 is 5.87. The van der Waals surface area contributed by atoms with Gasteiger partial charge < -0.3 is 15.2 Å². The molecule has 0 spiro atoms. The topological polar surface area (TPSA) is 111 Å². The normalized spacial score (nSPS) is 10.6. The fourth-order valence-electron chi connectivity index (χ4n) is 2.23. The first-order valence-corrected chi connectivity index (χ1v) is 7.90. The van der Waals surface area contributed by atoms with E-state index in [4.69, 9.17) is 21.4 Å². The van der Waals surface area contributed by atoms with Gasteiger partial charge in [0.1, 0.15) is 17.1 Å². The van der Waals surface area contributed by atoms with Crippen molar-refractivity contribution in [3.8, 4) is 5.75 Å². The summed E-state index contributed by atoms with van der Waals surface area (Å²) in [5, 5.41) is 19.6. The van der Waals surface area contributed by atoms with Crippen molar-refractivity contribution in [3.05, 3.63) is 58.9 Å². The number of hydrogen-bond donors (Lipinski definition) is 2. The molecule has 1 aromatic carbocycles. The van der Waals surface area contributed by atoms with Gasteiger partial charge in [0, 0.05) is 13.2 Å². The van der Waals surface area contributed by atoms with Crippen LogP contribution < -0.4 is 10.1 Å². The number of carboxylic acid groups (broad SMARTS) is 1. The third-order valence-electron chi connectivity index (χ3n) is 3.41. The molecule has 140 valence electrons. The summed E-state index contributed by atoms with van der Waals surface area (Å²) in [4.78, 5) is 23.4. The summed E-state index contributed by atoms with van der Waals surface area (Å²) in [6.07, 6.45) is 4.07. The van der Waals surface area contributed by atoms with Gasteiger partial charge in [-0.05, 0) is 18.2 Å². The van der Waals surface area contributed by atoms with Crippen LogP contribution in [0.5, 0.6) is 5.75 Å². The predicted octanol–water partition coefficient (Wildman–Crippen LogP) is 2.40. The minimum absolute atomic E-state index is 0.0365. The first-order valence-electron chi connectivity index (χ1n) is 7.52. The molecule has 2 heterocycles. The standard InChI is InChI=1S/C16H13ClFN5O4/c1-22-7-11(16(25)26)14(21-22)15(24)20-10-5-19-23(6-10)8-27-13-3-2-9(18)4-12(13)17/h2-7H,8H2,1H3,(H,20,24)(H,25,26). The van der Waals surface area contributed by atoms with Crippen LogP contribution >= 0.6 is 11.6 Å². The molecular weight excluding hydrogens is 381 g/mol. The highest BCUT2D eigenvalue weighted by molar-refractivity contribution is 6.32. The molecule has 0 bridgehead atoms. The molecule has 2 N–H and O–H groups in total. The zero-order valence-electron chi connectivity index (χ0n) is 13.9. The van der Waals surface area contributed by atoms with E-state index in [2.05, 4.69) is 15.5 Å². The van der Waals surface area contributed by atoms with Crippen LogP contribution in [0.3, 0.4) is 0 Å². The summed E-state index contributed by atoms with van der Waals surface area (Å²) in [7, 11) is 1.51. The van der Waals surface area contributed by atoms with Crippen LogP contribution in [0.15, 0.2) is 36.8 Å². The van der Waals surface area contributed by atoms with E-state index in [0.29, 0.717) is 5.69 Å². The SMILES string of the molecule is Cn1cc(C(=O)O)c(C(=O)Nc2cnn(COc3ccc(F)cc3Cl)c2)n1. The lowest BCUT2D eigenvalue weighted by molar-refractivity contribution is 0.0692. The average molecular weight is 394 g/mol. The lowest BCUT2D eigenvalue weighted by Crippen LogP contribution is -2.16. The number of halogens is 2. The number of amides is 1. The Morgan fingerprint density at radius 1 is 1.37 bits per heavy atom. The van der Waals surface area contributed by atoms with Crippen LogP contribution in [0.2, 0.25) is 5.02 Å². The van der Waals surface area contributed by atoms with Crippen molar-refractivity contribution in [1.29, 1.82) is 0 Å². The number of nitrogens with one attached hydrogen (secondary N) is 1. The highest BCUT2D eigenvalue weighted by atomic mass is 35.5. The van der Waals surface area contributed by atoms with E-state index in [-0.39, 0.29) is 28.8 Å². The van der Waals surface area contributed by atoms with Crippen molar-refractivity contribution in [2.75, 3.05) is 5.32 Å². The average Bonchev–Trinajstić information content (AvgIpc) is 3.20. The summed E-state index contributed by atoms with van der Waals surface area (Å²) in [5.41, 5.74) is -0.112. The second kappa shape index (κ2) is 7.46. The van der Waals surface area contributed by atoms with Gasteiger partial charge in [-0.15, -0.1) is 0 Å². The zero-order valence-corrected chi connectivity index (χ0v) is 14.6. The maximum atomic E-state index is 13.0. The summed E-state index contributed by atoms with van der Waals surface area (Å²) in [6, 6.07) is 3.72. The molecule has 0 saturated heterocycles. The van der Waals surface area contributed by atoms with Gasteiger partial charge in [-0.1, -0.05) is 11.6 Å². The lowest BCUT2D eigenvalue weighted by atomic mass is 10.2. The van der Waals surface area contributed by atoms with Crippen molar-refractivity contribution in [2.24, 2.45) is 7.05 Å². The lowest BCUT2D eigenvalue weighted by Gasteiger charge is -2.07. The molecule has 1 amide bonds. The van der Waals surface area contributed by atoms with Crippen LogP contribution in [-0.4, -0.2) is 36.5 Å². The van der Waals surface area contributed by atoms with Crippen molar-refractivity contribution < 1.29 is 23.8 Å². The second-order valence-corrected chi connectivity index (χ2v) is 5.85. The van der Waals surface area contributed by atoms with Crippen LogP contribution in [-0.2, 0) is 13.8 Å². The summed E-state index contributed by atoms with van der Waals surface area (Å²) in [5.74, 6) is -2.14. The molecule has 0 aliphatic rings. The zero-order chi connectivity index (χ0) is 19.6. The summed E-state index contributed by atoms with van der Waals surface area (Å²) in [6.45, 7) is -0.0365. The number of hydrogen-bond acceptors (Lipinski definition) is 5. The van der Waals surface area contributed by atoms with Gasteiger partial charge in [0.25, 0.3) is 5.91 Å². The Bertz CT molecular complexity index is 1020. The molecule has 0 fully saturated rings. The van der Waals surface area contributed by atoms with Crippen molar-refractivity contribution in [1.82, 2.24) is 19.6 Å². The van der Waals surface area contributed by atoms with E-state index in [0.717, 1.165) is 6.07 Å². The molecule has 11 heteroatoms. The molecule has 9 nitrogen and oxygen atoms in total. The Kier molecular flexibility index (Phi) is 5.08. The van der Waals surface area contributed by atoms with Crippen LogP contribution in [0, 0.1) is 5.82 Å². The van der Waals surface area contributed by atoms with Crippen LogP contribution in [0.1, 0.15) is 20.8 Å². The van der Waals surface area contributed by atoms with Gasteiger partial charge in [0.15, 0.2) is 12.4 Å². The maximum absolute atomic E-state index is 13.0. The molecule has 3 aromatic rings. The highest BCUT2D eigenvalue weighted by Gasteiger charge is 2.21. The number of rotatable bonds is 6. The fraction of sp³-hybridized carbons (Fsp3) is 0.125. The number of carbonyl (C=O) groups is 2. The molecule has 0 atom stereocenters. The molecule has 3 rings (SSSR count). The van der Waals surface area contributed by atoms with E-state index < -0.39 is 17.7 Å². The first-order chi connectivity index (χ1) is 12.8. The summed E-state index contributed by atoms with van der Waals surface area (Å²) < 4.78 is 21.0. The molecule has 27 heavy (non-hydrogen) atoms. The molecule has 0 aliphatic heterocycles. The minimum atomic E-state index is -1.26. The second-order valence-electron chi connectivity index (χ2n) is 5.44. The Morgan fingerprint density at radius 3 is 2.85 bits per heavy atom. The van der Waals surface area contributed by atoms with Crippen molar-refractivity contribution in [3.63, 3.8) is 0 Å². The van der Waals surface area contributed by atoms with Gasteiger partial charge in [-0.3, -0.25) is 9.48 Å². The predicted molar refractivity (Wildman–Crippen MR) is 92.4 cm³/mol. The van der Waals surface area contributed by atoms with Crippen molar-refractivity contribution >= 4 is 29.2 Å².